The third kappa shape index (κ3) is 3.75. The van der Waals surface area contributed by atoms with Gasteiger partial charge in [-0.15, -0.1) is 0 Å². The fraction of sp³-hybridized carbons (Fsp3) is 0.444. The lowest BCUT2D eigenvalue weighted by Crippen LogP contribution is -2.39. The second-order valence-corrected chi connectivity index (χ2v) is 6.14. The highest BCUT2D eigenvalue weighted by atomic mass is 19.1. The molecule has 0 aliphatic carbocycles. The molecule has 1 aliphatic heterocycles. The Morgan fingerprint density at radius 3 is 2.71 bits per heavy atom. The quantitative estimate of drug-likeness (QED) is 0.846. The molecule has 1 saturated heterocycles. The number of nitrogens with zero attached hydrogens (tertiary/aromatic N) is 3. The van der Waals surface area contributed by atoms with Crippen LogP contribution < -0.4 is 4.74 Å². The largest absolute Gasteiger partial charge is 0.491 e. The van der Waals surface area contributed by atoms with E-state index in [0.717, 1.165) is 32.4 Å². The first-order chi connectivity index (χ1) is 11.6. The van der Waals surface area contributed by atoms with Gasteiger partial charge in [-0.3, -0.25) is 9.48 Å². The summed E-state index contributed by atoms with van der Waals surface area (Å²) in [6, 6.07) is 8.21. The van der Waals surface area contributed by atoms with E-state index in [9.17, 15) is 9.18 Å². The van der Waals surface area contributed by atoms with E-state index in [1.165, 1.54) is 6.07 Å². The van der Waals surface area contributed by atoms with E-state index in [0.29, 0.717) is 24.0 Å². The average molecular weight is 331 g/mol. The predicted molar refractivity (Wildman–Crippen MR) is 88.3 cm³/mol. The summed E-state index contributed by atoms with van der Waals surface area (Å²) in [4.78, 5) is 14.3. The molecule has 6 heteroatoms. The number of amides is 1. The summed E-state index contributed by atoms with van der Waals surface area (Å²) in [5.41, 5.74) is 0.622. The molecule has 0 radical (unpaired) electrons. The Balaban J connectivity index is 1.43. The number of aromatic nitrogens is 2. The number of hydrogen-bond donors (Lipinski definition) is 0. The van der Waals surface area contributed by atoms with Gasteiger partial charge in [-0.05, 0) is 43.4 Å². The third-order valence-electron chi connectivity index (χ3n) is 4.56. The van der Waals surface area contributed by atoms with Crippen LogP contribution in [0.15, 0.2) is 36.5 Å². The van der Waals surface area contributed by atoms with E-state index >= 15 is 0 Å². The molecule has 0 atom stereocenters. The number of piperidine rings is 1. The van der Waals surface area contributed by atoms with Gasteiger partial charge in [0, 0.05) is 26.3 Å². The fourth-order valence-corrected chi connectivity index (χ4v) is 3.07. The number of halogens is 1. The minimum absolute atomic E-state index is 0.0380. The van der Waals surface area contributed by atoms with Crippen molar-refractivity contribution in [3.8, 4) is 5.75 Å². The molecule has 1 amide bonds. The van der Waals surface area contributed by atoms with Crippen LogP contribution in [0.5, 0.6) is 5.75 Å². The molecule has 0 spiro atoms. The standard InChI is InChI=1S/C18H22FN3O2/c1-21-16(6-10-20-21)18(23)22-11-7-14(8-12-22)9-13-24-17-5-3-2-4-15(17)19/h2-6,10,14H,7-9,11-13H2,1H3. The number of carbonyl (C=O) groups excluding carboxylic acids is 1. The van der Waals surface area contributed by atoms with Crippen molar-refractivity contribution in [1.82, 2.24) is 14.7 Å². The van der Waals surface area contributed by atoms with Gasteiger partial charge in [-0.25, -0.2) is 4.39 Å². The topological polar surface area (TPSA) is 47.4 Å². The molecular weight excluding hydrogens is 309 g/mol. The monoisotopic (exact) mass is 331 g/mol. The van der Waals surface area contributed by atoms with Gasteiger partial charge in [0.2, 0.25) is 0 Å². The number of rotatable bonds is 5. The zero-order valence-corrected chi connectivity index (χ0v) is 13.8. The number of benzene rings is 1. The van der Waals surface area contributed by atoms with Gasteiger partial charge >= 0.3 is 0 Å². The van der Waals surface area contributed by atoms with Crippen molar-refractivity contribution in [1.29, 1.82) is 0 Å². The summed E-state index contributed by atoms with van der Waals surface area (Å²) < 4.78 is 20.6. The Hall–Kier alpha value is -2.37. The molecule has 1 fully saturated rings. The van der Waals surface area contributed by atoms with E-state index in [1.807, 2.05) is 4.90 Å². The molecule has 128 valence electrons. The van der Waals surface area contributed by atoms with Crippen LogP contribution in [0.1, 0.15) is 29.8 Å². The lowest BCUT2D eigenvalue weighted by molar-refractivity contribution is 0.0668. The molecule has 1 aliphatic rings. The maximum Gasteiger partial charge on any atom is 0.272 e. The van der Waals surface area contributed by atoms with Gasteiger partial charge in [0.05, 0.1) is 6.61 Å². The molecule has 3 rings (SSSR count). The summed E-state index contributed by atoms with van der Waals surface area (Å²) in [6.45, 7) is 1.99. The van der Waals surface area contributed by atoms with E-state index in [-0.39, 0.29) is 11.7 Å². The van der Waals surface area contributed by atoms with Crippen LogP contribution in [-0.2, 0) is 7.05 Å². The zero-order chi connectivity index (χ0) is 16.9. The average Bonchev–Trinajstić information content (AvgIpc) is 3.03. The van der Waals surface area contributed by atoms with Crippen LogP contribution >= 0.6 is 0 Å². The van der Waals surface area contributed by atoms with Gasteiger partial charge in [0.15, 0.2) is 11.6 Å². The maximum absolute atomic E-state index is 13.5. The van der Waals surface area contributed by atoms with Crippen LogP contribution in [-0.4, -0.2) is 40.3 Å². The Morgan fingerprint density at radius 1 is 1.29 bits per heavy atom. The first kappa shape index (κ1) is 16.5. The third-order valence-corrected chi connectivity index (χ3v) is 4.56. The molecule has 5 nitrogen and oxygen atoms in total. The highest BCUT2D eigenvalue weighted by molar-refractivity contribution is 5.92. The van der Waals surface area contributed by atoms with E-state index in [2.05, 4.69) is 5.10 Å². The fourth-order valence-electron chi connectivity index (χ4n) is 3.07. The van der Waals surface area contributed by atoms with Gasteiger partial charge in [0.25, 0.3) is 5.91 Å². The van der Waals surface area contributed by atoms with Crippen molar-refractivity contribution in [2.75, 3.05) is 19.7 Å². The van der Waals surface area contributed by atoms with Gasteiger partial charge < -0.3 is 9.64 Å². The Bertz CT molecular complexity index is 693. The summed E-state index contributed by atoms with van der Waals surface area (Å²) in [5.74, 6) is 0.527. The van der Waals surface area contributed by atoms with Gasteiger partial charge in [-0.2, -0.15) is 5.10 Å². The highest BCUT2D eigenvalue weighted by Crippen LogP contribution is 2.23. The Labute approximate surface area is 141 Å². The molecule has 0 N–H and O–H groups in total. The molecule has 0 saturated carbocycles. The lowest BCUT2D eigenvalue weighted by atomic mass is 9.94. The van der Waals surface area contributed by atoms with Crippen molar-refractivity contribution in [2.45, 2.75) is 19.3 Å². The Kier molecular flexibility index (Phi) is 5.13. The molecule has 1 aromatic carbocycles. The van der Waals surface area contributed by atoms with E-state index < -0.39 is 0 Å². The molecule has 1 aromatic heterocycles. The minimum Gasteiger partial charge on any atom is -0.491 e. The number of ether oxygens (including phenoxy) is 1. The van der Waals surface area contributed by atoms with Crippen LogP contribution in [0, 0.1) is 11.7 Å². The molecule has 2 heterocycles. The SMILES string of the molecule is Cn1nccc1C(=O)N1CCC(CCOc2ccccc2F)CC1. The van der Waals surface area contributed by atoms with Crippen molar-refractivity contribution in [3.63, 3.8) is 0 Å². The van der Waals surface area contributed by atoms with E-state index in [4.69, 9.17) is 4.74 Å². The van der Waals surface area contributed by atoms with Crippen molar-refractivity contribution in [2.24, 2.45) is 13.0 Å². The second-order valence-electron chi connectivity index (χ2n) is 6.14. The van der Waals surface area contributed by atoms with Crippen LogP contribution in [0.25, 0.3) is 0 Å². The smallest absolute Gasteiger partial charge is 0.272 e. The van der Waals surface area contributed by atoms with Crippen molar-refractivity contribution >= 4 is 5.91 Å². The van der Waals surface area contributed by atoms with Crippen molar-refractivity contribution < 1.29 is 13.9 Å². The second kappa shape index (κ2) is 7.47. The van der Waals surface area contributed by atoms with Gasteiger partial charge in [0.1, 0.15) is 5.69 Å². The maximum atomic E-state index is 13.5. The predicted octanol–water partition coefficient (Wildman–Crippen LogP) is 2.88. The normalized spacial score (nSPS) is 15.5. The van der Waals surface area contributed by atoms with Crippen LogP contribution in [0.2, 0.25) is 0 Å². The number of para-hydroxylation sites is 1. The number of aryl methyl sites for hydroxylation is 1. The first-order valence-corrected chi connectivity index (χ1v) is 8.30. The van der Waals surface area contributed by atoms with Crippen LogP contribution in [0.4, 0.5) is 4.39 Å². The summed E-state index contributed by atoms with van der Waals surface area (Å²) >= 11 is 0. The summed E-state index contributed by atoms with van der Waals surface area (Å²) in [5, 5.41) is 4.05. The molecule has 0 unspecified atom stereocenters. The number of hydrogen-bond acceptors (Lipinski definition) is 3. The Morgan fingerprint density at radius 2 is 2.04 bits per heavy atom. The lowest BCUT2D eigenvalue weighted by Gasteiger charge is -2.32. The minimum atomic E-state index is -0.325. The molecule has 24 heavy (non-hydrogen) atoms. The highest BCUT2D eigenvalue weighted by Gasteiger charge is 2.25. The molecule has 2 aromatic rings. The molecule has 0 bridgehead atoms. The van der Waals surface area contributed by atoms with Crippen LogP contribution in [0.3, 0.4) is 0 Å². The van der Waals surface area contributed by atoms with Crippen molar-refractivity contribution in [3.05, 3.63) is 48.0 Å². The summed E-state index contributed by atoms with van der Waals surface area (Å²) in [7, 11) is 1.78. The number of likely N-dealkylation sites (tertiary alicyclic amines) is 1. The molecular formula is C18H22FN3O2. The van der Waals surface area contributed by atoms with Gasteiger partial charge in [-0.1, -0.05) is 12.1 Å². The zero-order valence-electron chi connectivity index (χ0n) is 13.8. The number of carbonyl (C=O) groups is 1. The first-order valence-electron chi connectivity index (χ1n) is 8.30. The summed E-state index contributed by atoms with van der Waals surface area (Å²) in [6.07, 6.45) is 4.41. The van der Waals surface area contributed by atoms with E-state index in [1.54, 1.807) is 42.2 Å².